The fourth-order valence-electron chi connectivity index (χ4n) is 4.63. The smallest absolute Gasteiger partial charge is 0.000160 e. The molecule has 18 heavy (non-hydrogen) atoms. The van der Waals surface area contributed by atoms with Crippen molar-refractivity contribution < 1.29 is 0 Å². The van der Waals surface area contributed by atoms with Crippen LogP contribution in [-0.4, -0.2) is 0 Å². The lowest BCUT2D eigenvalue weighted by atomic mass is 9.57. The largest absolute Gasteiger partial charge is 0.0853 e. The highest BCUT2D eigenvalue weighted by Gasteiger charge is 2.42. The normalized spacial score (nSPS) is 30.4. The van der Waals surface area contributed by atoms with Crippen LogP contribution in [0.5, 0.6) is 0 Å². The summed E-state index contributed by atoms with van der Waals surface area (Å²) in [6, 6.07) is 4.80. The molecule has 0 fully saturated rings. The molecule has 0 nitrogen and oxygen atoms in total. The summed E-state index contributed by atoms with van der Waals surface area (Å²) >= 11 is 0. The second-order valence-electron chi connectivity index (χ2n) is 6.61. The molecule has 2 unspecified atom stereocenters. The zero-order chi connectivity index (χ0) is 12.9. The predicted octanol–water partition coefficient (Wildman–Crippen LogP) is 4.86. The van der Waals surface area contributed by atoms with E-state index in [1.165, 1.54) is 36.8 Å². The third kappa shape index (κ3) is 1.58. The Labute approximate surface area is 111 Å². The van der Waals surface area contributed by atoms with Gasteiger partial charge in [0.1, 0.15) is 0 Å². The molecule has 0 saturated heterocycles. The van der Waals surface area contributed by atoms with E-state index in [0.717, 1.165) is 5.92 Å². The Balaban J connectivity index is 2.20. The van der Waals surface area contributed by atoms with E-state index in [1.807, 2.05) is 0 Å². The summed E-state index contributed by atoms with van der Waals surface area (Å²) in [4.78, 5) is 0. The Hall–Kier alpha value is -1.04. The van der Waals surface area contributed by atoms with E-state index in [0.29, 0.717) is 5.41 Å². The topological polar surface area (TPSA) is 0 Å². The number of hydrogen-bond acceptors (Lipinski definition) is 0. The summed E-state index contributed by atoms with van der Waals surface area (Å²) in [6.45, 7) is 9.39. The first-order valence-electron chi connectivity index (χ1n) is 7.29. The molecule has 2 aliphatic carbocycles. The zero-order valence-electron chi connectivity index (χ0n) is 12.1. The van der Waals surface area contributed by atoms with Crippen LogP contribution in [0.25, 0.3) is 0 Å². The average molecular weight is 240 g/mol. The van der Waals surface area contributed by atoms with Crippen LogP contribution in [0.1, 0.15) is 55.4 Å². The fourth-order valence-corrected chi connectivity index (χ4v) is 4.63. The molecular weight excluding hydrogens is 216 g/mol. The van der Waals surface area contributed by atoms with Crippen molar-refractivity contribution in [3.63, 3.8) is 0 Å². The number of fused-ring (bicyclic) bond motifs is 3. The first kappa shape index (κ1) is 12.0. The minimum atomic E-state index is 0.393. The van der Waals surface area contributed by atoms with Crippen LogP contribution in [0.15, 0.2) is 23.8 Å². The highest BCUT2D eigenvalue weighted by molar-refractivity contribution is 5.47. The molecule has 0 radical (unpaired) electrons. The van der Waals surface area contributed by atoms with E-state index < -0.39 is 0 Å². The van der Waals surface area contributed by atoms with Crippen LogP contribution < -0.4 is 0 Å². The van der Waals surface area contributed by atoms with Crippen LogP contribution in [0.4, 0.5) is 0 Å². The molecule has 0 aromatic heterocycles. The molecule has 0 heteroatoms. The highest BCUT2D eigenvalue weighted by atomic mass is 14.5. The van der Waals surface area contributed by atoms with Gasteiger partial charge >= 0.3 is 0 Å². The quantitative estimate of drug-likeness (QED) is 0.568. The lowest BCUT2D eigenvalue weighted by molar-refractivity contribution is 0.260. The van der Waals surface area contributed by atoms with Crippen LogP contribution in [0.3, 0.4) is 0 Å². The Morgan fingerprint density at radius 1 is 1.17 bits per heavy atom. The fraction of sp³-hybridized carbons (Fsp3) is 0.556. The van der Waals surface area contributed by atoms with Gasteiger partial charge in [-0.05, 0) is 74.5 Å². The average Bonchev–Trinajstić information content (AvgIpc) is 2.27. The molecule has 1 aromatic rings. The molecule has 0 aliphatic heterocycles. The van der Waals surface area contributed by atoms with Gasteiger partial charge in [-0.1, -0.05) is 36.3 Å². The molecule has 0 spiro atoms. The van der Waals surface area contributed by atoms with Gasteiger partial charge in [-0.3, -0.25) is 0 Å². The van der Waals surface area contributed by atoms with Crippen molar-refractivity contribution in [1.82, 2.24) is 0 Å². The van der Waals surface area contributed by atoms with Crippen molar-refractivity contribution in [3.8, 4) is 0 Å². The number of benzene rings is 1. The van der Waals surface area contributed by atoms with E-state index in [1.54, 1.807) is 16.7 Å². The maximum Gasteiger partial charge on any atom is -0.000160 e. The number of allylic oxidation sites excluding steroid dienone is 2. The molecule has 2 atom stereocenters. The molecule has 0 bridgehead atoms. The molecule has 0 N–H and O–H groups in total. The zero-order valence-corrected chi connectivity index (χ0v) is 12.1. The molecular formula is C18H24. The number of rotatable bonds is 0. The maximum absolute atomic E-state index is 2.51. The molecule has 0 amide bonds. The minimum Gasteiger partial charge on any atom is -0.0853 e. The molecule has 1 aromatic carbocycles. The van der Waals surface area contributed by atoms with Gasteiger partial charge in [-0.25, -0.2) is 0 Å². The Kier molecular flexibility index (Phi) is 2.66. The summed E-state index contributed by atoms with van der Waals surface area (Å²) < 4.78 is 0. The van der Waals surface area contributed by atoms with Crippen LogP contribution in [-0.2, 0) is 11.8 Å². The van der Waals surface area contributed by atoms with Gasteiger partial charge in [0.25, 0.3) is 0 Å². The third-order valence-electron chi connectivity index (χ3n) is 5.28. The van der Waals surface area contributed by atoms with Gasteiger partial charge < -0.3 is 0 Å². The van der Waals surface area contributed by atoms with E-state index in [9.17, 15) is 0 Å². The van der Waals surface area contributed by atoms with E-state index >= 15 is 0 Å². The van der Waals surface area contributed by atoms with Gasteiger partial charge in [0.05, 0.1) is 0 Å². The van der Waals surface area contributed by atoms with Crippen LogP contribution in [0, 0.1) is 19.8 Å². The summed E-state index contributed by atoms with van der Waals surface area (Å²) in [5.41, 5.74) is 8.28. The van der Waals surface area contributed by atoms with Crippen molar-refractivity contribution in [1.29, 1.82) is 0 Å². The van der Waals surface area contributed by atoms with Gasteiger partial charge in [-0.15, -0.1) is 0 Å². The van der Waals surface area contributed by atoms with Crippen LogP contribution >= 0.6 is 0 Å². The second-order valence-corrected chi connectivity index (χ2v) is 6.61. The van der Waals surface area contributed by atoms with Crippen molar-refractivity contribution >= 4 is 0 Å². The second kappa shape index (κ2) is 3.98. The number of hydrogen-bond donors (Lipinski definition) is 0. The van der Waals surface area contributed by atoms with Crippen molar-refractivity contribution in [2.24, 2.45) is 5.92 Å². The standard InChI is InChI=1S/C18H24/c1-12-10-14(3)17-15(11-12)7-8-16-13(2)6-5-9-18(16,17)4/h6,10-11,16H,5,7-9H2,1-4H3. The minimum absolute atomic E-state index is 0.393. The molecule has 3 rings (SSSR count). The van der Waals surface area contributed by atoms with Crippen molar-refractivity contribution in [2.75, 3.05) is 0 Å². The SMILES string of the molecule is CC1=CCCC2(C)c3c(C)cc(C)cc3CCC12. The molecule has 0 heterocycles. The highest BCUT2D eigenvalue weighted by Crippen LogP contribution is 2.51. The van der Waals surface area contributed by atoms with E-state index in [2.05, 4.69) is 45.9 Å². The van der Waals surface area contributed by atoms with Crippen LogP contribution in [0.2, 0.25) is 0 Å². The Bertz CT molecular complexity index is 521. The maximum atomic E-state index is 2.51. The predicted molar refractivity (Wildman–Crippen MR) is 78.1 cm³/mol. The third-order valence-corrected chi connectivity index (χ3v) is 5.28. The lowest BCUT2D eigenvalue weighted by Gasteiger charge is -2.47. The molecule has 96 valence electrons. The van der Waals surface area contributed by atoms with Gasteiger partial charge in [-0.2, -0.15) is 0 Å². The summed E-state index contributed by atoms with van der Waals surface area (Å²) in [5, 5.41) is 0. The van der Waals surface area contributed by atoms with Gasteiger partial charge in [0.15, 0.2) is 0 Å². The Morgan fingerprint density at radius 3 is 2.72 bits per heavy atom. The van der Waals surface area contributed by atoms with Crippen molar-refractivity contribution in [2.45, 2.75) is 58.8 Å². The van der Waals surface area contributed by atoms with E-state index in [4.69, 9.17) is 0 Å². The van der Waals surface area contributed by atoms with Gasteiger partial charge in [0, 0.05) is 0 Å². The molecule has 2 aliphatic rings. The summed E-state index contributed by atoms with van der Waals surface area (Å²) in [7, 11) is 0. The lowest BCUT2D eigenvalue weighted by Crippen LogP contribution is -2.40. The van der Waals surface area contributed by atoms with E-state index in [-0.39, 0.29) is 0 Å². The monoisotopic (exact) mass is 240 g/mol. The van der Waals surface area contributed by atoms with Gasteiger partial charge in [0.2, 0.25) is 0 Å². The molecule has 0 saturated carbocycles. The number of aryl methyl sites for hydroxylation is 3. The first-order chi connectivity index (χ1) is 8.52. The summed E-state index contributed by atoms with van der Waals surface area (Å²) in [6.07, 6.45) is 7.66. The van der Waals surface area contributed by atoms with Crippen molar-refractivity contribution in [3.05, 3.63) is 46.0 Å². The first-order valence-corrected chi connectivity index (χ1v) is 7.29. The summed E-state index contributed by atoms with van der Waals surface area (Å²) in [5.74, 6) is 0.778. The Morgan fingerprint density at radius 2 is 1.94 bits per heavy atom.